The maximum absolute atomic E-state index is 11.2. The first-order chi connectivity index (χ1) is 9.15. The molecule has 2 rings (SSSR count). The molecule has 1 aromatic rings. The van der Waals surface area contributed by atoms with Crippen LogP contribution in [0.2, 0.25) is 0 Å². The second-order valence-electron chi connectivity index (χ2n) is 4.95. The predicted molar refractivity (Wildman–Crippen MR) is 77.2 cm³/mol. The van der Waals surface area contributed by atoms with Crippen molar-refractivity contribution in [2.24, 2.45) is 0 Å². The minimum atomic E-state index is -0.303. The van der Waals surface area contributed by atoms with Crippen LogP contribution in [0.25, 0.3) is 5.57 Å². The van der Waals surface area contributed by atoms with Gasteiger partial charge in [0.05, 0.1) is 10.5 Å². The summed E-state index contributed by atoms with van der Waals surface area (Å²) in [6.45, 7) is 7.12. The van der Waals surface area contributed by atoms with Crippen molar-refractivity contribution >= 4 is 11.3 Å². The first-order valence-electron chi connectivity index (χ1n) is 6.84. The Kier molecular flexibility index (Phi) is 4.32. The standard InChI is InChI=1S/C15H20N2O2/c1-3-12-7-6-9-14(17(18)19)15(12)11(2)13-8-4-5-10-16-13/h6-7,9,13,16H,2-5,8,10H2,1H3. The van der Waals surface area contributed by atoms with E-state index in [1.807, 2.05) is 13.0 Å². The Morgan fingerprint density at radius 2 is 2.32 bits per heavy atom. The summed E-state index contributed by atoms with van der Waals surface area (Å²) in [5.41, 5.74) is 2.78. The van der Waals surface area contributed by atoms with E-state index in [-0.39, 0.29) is 16.7 Å². The van der Waals surface area contributed by atoms with Crippen LogP contribution in [0.1, 0.15) is 37.3 Å². The molecule has 1 fully saturated rings. The molecular weight excluding hydrogens is 240 g/mol. The highest BCUT2D eigenvalue weighted by Crippen LogP contribution is 2.32. The van der Waals surface area contributed by atoms with E-state index in [1.165, 1.54) is 6.42 Å². The van der Waals surface area contributed by atoms with Crippen LogP contribution >= 0.6 is 0 Å². The molecule has 19 heavy (non-hydrogen) atoms. The summed E-state index contributed by atoms with van der Waals surface area (Å²) in [5, 5.41) is 14.6. The molecule has 1 aliphatic heterocycles. The molecule has 0 aromatic heterocycles. The van der Waals surface area contributed by atoms with Gasteiger partial charge in [-0.15, -0.1) is 0 Å². The van der Waals surface area contributed by atoms with Crippen LogP contribution in [0.3, 0.4) is 0 Å². The summed E-state index contributed by atoms with van der Waals surface area (Å²) in [7, 11) is 0. The summed E-state index contributed by atoms with van der Waals surface area (Å²) in [6, 6.07) is 5.45. The number of piperidine rings is 1. The zero-order valence-corrected chi connectivity index (χ0v) is 11.3. The lowest BCUT2D eigenvalue weighted by molar-refractivity contribution is -0.385. The predicted octanol–water partition coefficient (Wildman–Crippen LogP) is 3.31. The van der Waals surface area contributed by atoms with Crippen molar-refractivity contribution in [1.29, 1.82) is 0 Å². The fraction of sp³-hybridized carbons (Fsp3) is 0.467. The highest BCUT2D eigenvalue weighted by molar-refractivity contribution is 5.77. The molecule has 1 atom stereocenters. The smallest absolute Gasteiger partial charge is 0.277 e. The lowest BCUT2D eigenvalue weighted by atomic mass is 9.89. The zero-order valence-electron chi connectivity index (χ0n) is 11.3. The molecule has 1 heterocycles. The summed E-state index contributed by atoms with van der Waals surface area (Å²) >= 11 is 0. The Morgan fingerprint density at radius 3 is 2.89 bits per heavy atom. The number of hydrogen-bond acceptors (Lipinski definition) is 3. The van der Waals surface area contributed by atoms with Gasteiger partial charge in [-0.3, -0.25) is 10.1 Å². The third-order valence-electron chi connectivity index (χ3n) is 3.76. The largest absolute Gasteiger partial charge is 0.310 e. The Hall–Kier alpha value is -1.68. The molecule has 4 nitrogen and oxygen atoms in total. The Bertz CT molecular complexity index is 491. The quantitative estimate of drug-likeness (QED) is 0.667. The van der Waals surface area contributed by atoms with Gasteiger partial charge < -0.3 is 5.32 Å². The number of nitrogens with one attached hydrogen (secondary N) is 1. The first kappa shape index (κ1) is 13.7. The maximum atomic E-state index is 11.2. The molecule has 1 N–H and O–H groups in total. The van der Waals surface area contributed by atoms with Crippen molar-refractivity contribution in [3.63, 3.8) is 0 Å². The van der Waals surface area contributed by atoms with Crippen molar-refractivity contribution in [3.8, 4) is 0 Å². The van der Waals surface area contributed by atoms with Gasteiger partial charge in [-0.25, -0.2) is 0 Å². The van der Waals surface area contributed by atoms with Gasteiger partial charge in [0.2, 0.25) is 0 Å². The number of nitro groups is 1. The highest BCUT2D eigenvalue weighted by atomic mass is 16.6. The number of benzene rings is 1. The molecule has 102 valence electrons. The zero-order chi connectivity index (χ0) is 13.8. The van der Waals surface area contributed by atoms with Crippen LogP contribution in [0.5, 0.6) is 0 Å². The molecule has 1 unspecified atom stereocenters. The van der Waals surface area contributed by atoms with Crippen molar-refractivity contribution in [2.75, 3.05) is 6.54 Å². The van der Waals surface area contributed by atoms with Gasteiger partial charge in [-0.1, -0.05) is 32.1 Å². The van der Waals surface area contributed by atoms with Crippen LogP contribution in [0.4, 0.5) is 5.69 Å². The lowest BCUT2D eigenvalue weighted by Gasteiger charge is -2.26. The average molecular weight is 260 g/mol. The molecule has 0 radical (unpaired) electrons. The SMILES string of the molecule is C=C(c1c(CC)cccc1[N+](=O)[O-])C1CCCCN1. The van der Waals surface area contributed by atoms with Gasteiger partial charge in [0.1, 0.15) is 0 Å². The molecular formula is C15H20N2O2. The number of nitro benzene ring substituents is 1. The fourth-order valence-electron chi connectivity index (χ4n) is 2.73. The van der Waals surface area contributed by atoms with E-state index < -0.39 is 0 Å². The molecule has 4 heteroatoms. The Labute approximate surface area is 113 Å². The van der Waals surface area contributed by atoms with E-state index >= 15 is 0 Å². The van der Waals surface area contributed by atoms with Crippen molar-refractivity contribution < 1.29 is 4.92 Å². The summed E-state index contributed by atoms with van der Waals surface area (Å²) in [6.07, 6.45) is 4.11. The summed E-state index contributed by atoms with van der Waals surface area (Å²) in [4.78, 5) is 10.9. The van der Waals surface area contributed by atoms with Gasteiger partial charge >= 0.3 is 0 Å². The van der Waals surface area contributed by atoms with Gasteiger partial charge in [0.25, 0.3) is 5.69 Å². The van der Waals surface area contributed by atoms with Gasteiger partial charge in [-0.05, 0) is 36.9 Å². The van der Waals surface area contributed by atoms with Crippen LogP contribution in [-0.4, -0.2) is 17.5 Å². The third kappa shape index (κ3) is 2.84. The second-order valence-corrected chi connectivity index (χ2v) is 4.95. The summed E-state index contributed by atoms with van der Waals surface area (Å²) in [5.74, 6) is 0. The highest BCUT2D eigenvalue weighted by Gasteiger charge is 2.25. The van der Waals surface area contributed by atoms with Crippen LogP contribution in [-0.2, 0) is 6.42 Å². The fourth-order valence-corrected chi connectivity index (χ4v) is 2.73. The number of hydrogen-bond donors (Lipinski definition) is 1. The number of nitrogens with zero attached hydrogens (tertiary/aromatic N) is 1. The molecule has 0 amide bonds. The molecule has 0 spiro atoms. The Morgan fingerprint density at radius 1 is 1.53 bits per heavy atom. The number of aryl methyl sites for hydroxylation is 1. The first-order valence-corrected chi connectivity index (χ1v) is 6.84. The van der Waals surface area contributed by atoms with Crippen molar-refractivity contribution in [3.05, 3.63) is 46.0 Å². The third-order valence-corrected chi connectivity index (χ3v) is 3.76. The average Bonchev–Trinajstić information content (AvgIpc) is 2.46. The second kappa shape index (κ2) is 5.97. The molecule has 1 aromatic carbocycles. The van der Waals surface area contributed by atoms with E-state index in [9.17, 15) is 10.1 Å². The minimum Gasteiger partial charge on any atom is -0.310 e. The molecule has 0 bridgehead atoms. The Balaban J connectivity index is 2.41. The van der Waals surface area contributed by atoms with E-state index in [1.54, 1.807) is 12.1 Å². The van der Waals surface area contributed by atoms with Crippen molar-refractivity contribution in [1.82, 2.24) is 5.32 Å². The van der Waals surface area contributed by atoms with Crippen LogP contribution in [0.15, 0.2) is 24.8 Å². The van der Waals surface area contributed by atoms with E-state index in [0.29, 0.717) is 0 Å². The normalized spacial score (nSPS) is 19.1. The van der Waals surface area contributed by atoms with Gasteiger partial charge in [0, 0.05) is 12.1 Å². The maximum Gasteiger partial charge on any atom is 0.277 e. The lowest BCUT2D eigenvalue weighted by Crippen LogP contribution is -2.35. The van der Waals surface area contributed by atoms with Gasteiger partial charge in [0.15, 0.2) is 0 Å². The van der Waals surface area contributed by atoms with Crippen LogP contribution < -0.4 is 5.32 Å². The van der Waals surface area contributed by atoms with E-state index in [4.69, 9.17) is 0 Å². The molecule has 1 aliphatic rings. The number of rotatable bonds is 4. The van der Waals surface area contributed by atoms with E-state index in [0.717, 1.165) is 42.5 Å². The minimum absolute atomic E-state index is 0.167. The molecule has 0 saturated carbocycles. The molecule has 1 saturated heterocycles. The van der Waals surface area contributed by atoms with Gasteiger partial charge in [-0.2, -0.15) is 0 Å². The van der Waals surface area contributed by atoms with E-state index in [2.05, 4.69) is 11.9 Å². The monoisotopic (exact) mass is 260 g/mol. The van der Waals surface area contributed by atoms with Crippen molar-refractivity contribution in [2.45, 2.75) is 38.6 Å². The summed E-state index contributed by atoms with van der Waals surface area (Å²) < 4.78 is 0. The topological polar surface area (TPSA) is 55.2 Å². The van der Waals surface area contributed by atoms with Crippen LogP contribution in [0, 0.1) is 10.1 Å². The molecule has 0 aliphatic carbocycles.